The summed E-state index contributed by atoms with van der Waals surface area (Å²) in [6, 6.07) is 1.24. The molecule has 0 aromatic heterocycles. The van der Waals surface area contributed by atoms with Crippen LogP contribution in [0.1, 0.15) is 25.5 Å². The first-order valence-electron chi connectivity index (χ1n) is 4.81. The lowest BCUT2D eigenvalue weighted by Crippen LogP contribution is -2.33. The average Bonchev–Trinajstić information content (AvgIpc) is 2.24. The second-order valence-corrected chi connectivity index (χ2v) is 4.79. The van der Waals surface area contributed by atoms with Gasteiger partial charge in [0.15, 0.2) is 0 Å². The molecule has 0 unspecified atom stereocenters. The van der Waals surface area contributed by atoms with E-state index >= 15 is 0 Å². The summed E-state index contributed by atoms with van der Waals surface area (Å²) in [4.78, 5) is 0. The summed E-state index contributed by atoms with van der Waals surface area (Å²) in [5.41, 5.74) is 4.64. The largest absolute Gasteiger partial charge is 0.396 e. The highest BCUT2D eigenvalue weighted by atomic mass is 35.5. The third-order valence-corrected chi connectivity index (χ3v) is 2.93. The third-order valence-electron chi connectivity index (χ3n) is 2.64. The first-order valence-corrected chi connectivity index (χ1v) is 5.19. The molecule has 16 heavy (non-hydrogen) atoms. The van der Waals surface area contributed by atoms with Gasteiger partial charge in [-0.2, -0.15) is 0 Å². The first kappa shape index (κ1) is 13.4. The van der Waals surface area contributed by atoms with Crippen LogP contribution < -0.4 is 5.73 Å². The lowest BCUT2D eigenvalue weighted by atomic mass is 9.81. The van der Waals surface area contributed by atoms with Crippen molar-refractivity contribution in [2.24, 2.45) is 11.1 Å². The molecule has 1 atom stereocenters. The zero-order chi connectivity index (χ0) is 12.5. The molecule has 0 saturated heterocycles. The van der Waals surface area contributed by atoms with Gasteiger partial charge < -0.3 is 10.8 Å². The Bertz CT molecular complexity index is 396. The summed E-state index contributed by atoms with van der Waals surface area (Å²) < 4.78 is 27.1. The normalized spacial score (nSPS) is 13.9. The van der Waals surface area contributed by atoms with Gasteiger partial charge in [-0.3, -0.25) is 0 Å². The van der Waals surface area contributed by atoms with E-state index in [1.54, 1.807) is 13.8 Å². The Kier molecular flexibility index (Phi) is 3.88. The van der Waals surface area contributed by atoms with Crippen molar-refractivity contribution in [1.82, 2.24) is 0 Å². The summed E-state index contributed by atoms with van der Waals surface area (Å²) in [6.07, 6.45) is 0. The topological polar surface area (TPSA) is 46.2 Å². The maximum atomic E-state index is 13.6. The van der Waals surface area contributed by atoms with Gasteiger partial charge in [0.05, 0.1) is 5.02 Å². The predicted octanol–water partition coefficient (Wildman–Crippen LogP) is 2.64. The van der Waals surface area contributed by atoms with Gasteiger partial charge in [0.1, 0.15) is 11.6 Å². The smallest absolute Gasteiger partial charge is 0.149 e. The molecule has 0 aliphatic rings. The van der Waals surface area contributed by atoms with Crippen molar-refractivity contribution in [3.8, 4) is 0 Å². The summed E-state index contributed by atoms with van der Waals surface area (Å²) >= 11 is 5.56. The van der Waals surface area contributed by atoms with Gasteiger partial charge in [-0.1, -0.05) is 25.4 Å². The van der Waals surface area contributed by atoms with Gasteiger partial charge in [-0.05, 0) is 12.1 Å². The molecule has 0 amide bonds. The molecule has 0 aliphatic carbocycles. The highest BCUT2D eigenvalue weighted by Crippen LogP contribution is 2.35. The fourth-order valence-electron chi connectivity index (χ4n) is 1.32. The second kappa shape index (κ2) is 4.65. The van der Waals surface area contributed by atoms with Gasteiger partial charge in [0.2, 0.25) is 0 Å². The summed E-state index contributed by atoms with van der Waals surface area (Å²) in [7, 11) is 0. The molecule has 0 saturated carbocycles. The maximum Gasteiger partial charge on any atom is 0.149 e. The number of aliphatic hydroxyl groups excluding tert-OH is 1. The van der Waals surface area contributed by atoms with Crippen molar-refractivity contribution in [3.63, 3.8) is 0 Å². The number of hydrogen-bond acceptors (Lipinski definition) is 2. The fourth-order valence-corrected chi connectivity index (χ4v) is 1.48. The van der Waals surface area contributed by atoms with Crippen molar-refractivity contribution in [3.05, 3.63) is 34.4 Å². The quantitative estimate of drug-likeness (QED) is 0.809. The van der Waals surface area contributed by atoms with Crippen molar-refractivity contribution in [2.75, 3.05) is 6.61 Å². The number of hydrogen-bond donors (Lipinski definition) is 2. The van der Waals surface area contributed by atoms with E-state index in [2.05, 4.69) is 0 Å². The Morgan fingerprint density at radius 1 is 1.44 bits per heavy atom. The molecular formula is C11H14ClF2NO. The van der Waals surface area contributed by atoms with Crippen LogP contribution in [-0.2, 0) is 0 Å². The van der Waals surface area contributed by atoms with E-state index in [0.29, 0.717) is 0 Å². The zero-order valence-corrected chi connectivity index (χ0v) is 9.85. The van der Waals surface area contributed by atoms with Gasteiger partial charge >= 0.3 is 0 Å². The van der Waals surface area contributed by atoms with E-state index in [9.17, 15) is 8.78 Å². The molecule has 0 fully saturated rings. The number of benzene rings is 1. The SMILES string of the molecule is CC(C)(CO)[C@H](N)c1c(F)ccc(Cl)c1F. The van der Waals surface area contributed by atoms with Crippen molar-refractivity contribution in [1.29, 1.82) is 0 Å². The number of rotatable bonds is 3. The van der Waals surface area contributed by atoms with Crippen LogP contribution in [0.5, 0.6) is 0 Å². The molecule has 3 N–H and O–H groups in total. The Labute approximate surface area is 98.0 Å². The van der Waals surface area contributed by atoms with E-state index < -0.39 is 23.1 Å². The van der Waals surface area contributed by atoms with Gasteiger partial charge in [-0.25, -0.2) is 8.78 Å². The summed E-state index contributed by atoms with van der Waals surface area (Å²) in [5, 5.41) is 8.94. The third kappa shape index (κ3) is 2.34. The predicted molar refractivity (Wildman–Crippen MR) is 59.2 cm³/mol. The molecule has 1 aromatic rings. The molecule has 0 aliphatic heterocycles. The molecular weight excluding hydrogens is 236 g/mol. The van der Waals surface area contributed by atoms with Crippen LogP contribution in [0, 0.1) is 17.0 Å². The van der Waals surface area contributed by atoms with Gasteiger partial charge in [0.25, 0.3) is 0 Å². The molecule has 5 heteroatoms. The fraction of sp³-hybridized carbons (Fsp3) is 0.455. The lowest BCUT2D eigenvalue weighted by Gasteiger charge is -2.30. The lowest BCUT2D eigenvalue weighted by molar-refractivity contribution is 0.129. The highest BCUT2D eigenvalue weighted by molar-refractivity contribution is 6.30. The van der Waals surface area contributed by atoms with E-state index in [4.69, 9.17) is 22.4 Å². The number of aliphatic hydroxyl groups is 1. The van der Waals surface area contributed by atoms with Crippen molar-refractivity contribution in [2.45, 2.75) is 19.9 Å². The van der Waals surface area contributed by atoms with Crippen LogP contribution in [0.2, 0.25) is 5.02 Å². The summed E-state index contributed by atoms with van der Waals surface area (Å²) in [6.45, 7) is 2.97. The van der Waals surface area contributed by atoms with E-state index in [-0.39, 0.29) is 17.2 Å². The molecule has 0 spiro atoms. The van der Waals surface area contributed by atoms with Crippen LogP contribution in [-0.4, -0.2) is 11.7 Å². The van der Waals surface area contributed by atoms with Crippen LogP contribution in [0.4, 0.5) is 8.78 Å². The van der Waals surface area contributed by atoms with Gasteiger partial charge in [-0.15, -0.1) is 0 Å². The molecule has 0 heterocycles. The van der Waals surface area contributed by atoms with Gasteiger partial charge in [0, 0.05) is 23.6 Å². The number of nitrogens with two attached hydrogens (primary N) is 1. The zero-order valence-electron chi connectivity index (χ0n) is 9.10. The molecule has 0 bridgehead atoms. The minimum atomic E-state index is -0.962. The van der Waals surface area contributed by atoms with Crippen LogP contribution in [0.15, 0.2) is 12.1 Å². The maximum absolute atomic E-state index is 13.6. The Morgan fingerprint density at radius 3 is 2.50 bits per heavy atom. The van der Waals surface area contributed by atoms with E-state index in [1.807, 2.05) is 0 Å². The molecule has 2 nitrogen and oxygen atoms in total. The first-order chi connectivity index (χ1) is 7.31. The van der Waals surface area contributed by atoms with E-state index in [1.165, 1.54) is 0 Å². The average molecular weight is 250 g/mol. The van der Waals surface area contributed by atoms with Crippen molar-refractivity contribution < 1.29 is 13.9 Å². The molecule has 90 valence electrons. The minimum Gasteiger partial charge on any atom is -0.396 e. The van der Waals surface area contributed by atoms with Crippen LogP contribution in [0.3, 0.4) is 0 Å². The standard InChI is InChI=1S/C11H14ClF2NO/c1-11(2,5-16)10(15)8-7(13)4-3-6(12)9(8)14/h3-4,10,16H,5,15H2,1-2H3/t10-/m1/s1. The Hall–Kier alpha value is -0.710. The summed E-state index contributed by atoms with van der Waals surface area (Å²) in [5.74, 6) is -1.62. The molecule has 1 rings (SSSR count). The Balaban J connectivity index is 3.28. The van der Waals surface area contributed by atoms with Crippen LogP contribution >= 0.6 is 11.6 Å². The molecule has 0 radical (unpaired) electrons. The van der Waals surface area contributed by atoms with Crippen molar-refractivity contribution >= 4 is 11.6 Å². The monoisotopic (exact) mass is 249 g/mol. The Morgan fingerprint density at radius 2 is 2.00 bits per heavy atom. The molecule has 1 aromatic carbocycles. The number of halogens is 3. The van der Waals surface area contributed by atoms with E-state index in [0.717, 1.165) is 12.1 Å². The van der Waals surface area contributed by atoms with Crippen LogP contribution in [0.25, 0.3) is 0 Å². The minimum absolute atomic E-state index is 0.180. The highest BCUT2D eigenvalue weighted by Gasteiger charge is 2.32. The second-order valence-electron chi connectivity index (χ2n) is 4.38.